The zero-order valence-electron chi connectivity index (χ0n) is 16.6. The Labute approximate surface area is 183 Å². The van der Waals surface area contributed by atoms with E-state index in [2.05, 4.69) is 9.50 Å². The minimum atomic E-state index is -4.73. The predicted molar refractivity (Wildman–Crippen MR) is 111 cm³/mol. The average molecular weight is 471 g/mol. The van der Waals surface area contributed by atoms with E-state index in [4.69, 9.17) is 4.55 Å². The maximum Gasteiger partial charge on any atom is 0.397 e. The molecule has 1 aromatic carbocycles. The molecule has 0 unspecified atom stereocenters. The van der Waals surface area contributed by atoms with Crippen molar-refractivity contribution in [2.75, 3.05) is 12.3 Å². The van der Waals surface area contributed by atoms with Crippen LogP contribution in [0.4, 0.5) is 0 Å². The number of β-lactam (4-membered cyclic amide) rings is 1. The van der Waals surface area contributed by atoms with Gasteiger partial charge in [-0.1, -0.05) is 30.3 Å². The number of hydrogen-bond donors (Lipinski definition) is 3. The van der Waals surface area contributed by atoms with Crippen LogP contribution in [0.5, 0.6) is 0 Å². The Bertz CT molecular complexity index is 1010. The lowest BCUT2D eigenvalue weighted by Gasteiger charge is -2.45. The van der Waals surface area contributed by atoms with Gasteiger partial charge in [0.05, 0.1) is 24.5 Å². The fraction of sp³-hybridized carbons (Fsp3) is 0.421. The number of nitrogens with one attached hydrogen (secondary N) is 1. The number of benzene rings is 1. The number of carbonyl (C=O) groups excluding carboxylic acids is 2. The van der Waals surface area contributed by atoms with Gasteiger partial charge in [-0.05, 0) is 12.5 Å². The van der Waals surface area contributed by atoms with E-state index in [1.807, 2.05) is 30.3 Å². The number of carbonyl (C=O) groups is 3. The highest BCUT2D eigenvalue weighted by Crippen LogP contribution is 2.47. The van der Waals surface area contributed by atoms with Crippen LogP contribution in [-0.4, -0.2) is 65.2 Å². The van der Waals surface area contributed by atoms with Gasteiger partial charge in [0, 0.05) is 23.6 Å². The van der Waals surface area contributed by atoms with Crippen LogP contribution in [0.3, 0.4) is 0 Å². The van der Waals surface area contributed by atoms with Crippen molar-refractivity contribution in [1.82, 2.24) is 10.2 Å². The molecule has 0 saturated carbocycles. The summed E-state index contributed by atoms with van der Waals surface area (Å²) in [5.41, 5.74) is 0.750. The number of carboxylic acids is 1. The summed E-state index contributed by atoms with van der Waals surface area (Å²) in [6, 6.07) is 8.70. The van der Waals surface area contributed by atoms with Gasteiger partial charge in [-0.15, -0.1) is 11.8 Å². The van der Waals surface area contributed by atoms with Crippen molar-refractivity contribution in [3.05, 3.63) is 46.5 Å². The molecule has 31 heavy (non-hydrogen) atoms. The molecule has 0 aromatic heterocycles. The summed E-state index contributed by atoms with van der Waals surface area (Å²) in [6.07, 6.45) is -0.646. The van der Waals surface area contributed by atoms with Crippen LogP contribution in [-0.2, 0) is 35.4 Å². The highest BCUT2D eigenvalue weighted by Gasteiger charge is 2.57. The van der Waals surface area contributed by atoms with Crippen molar-refractivity contribution in [1.29, 1.82) is 0 Å². The first-order valence-corrected chi connectivity index (χ1v) is 11.8. The standard InChI is InChI=1S/C19H22N2O8S2/c1-11(29-31(26,27)28)16-13-10-14(17(19(24)25)21(13)18(16)23)30-8-7-20-15(22)9-12-5-3-2-4-6-12/h2-6,11,13,16H,7-10H2,1H3,(H,20,22)(H,24,25)(H,26,27,28)/t11-,13+,16-/m0/s1. The fourth-order valence-corrected chi connectivity index (χ4v) is 5.37. The molecule has 3 atom stereocenters. The number of rotatable bonds is 10. The molecule has 1 saturated heterocycles. The van der Waals surface area contributed by atoms with Gasteiger partial charge >= 0.3 is 16.4 Å². The first-order valence-electron chi connectivity index (χ1n) is 9.47. The van der Waals surface area contributed by atoms with Gasteiger partial charge in [0.1, 0.15) is 5.70 Å². The van der Waals surface area contributed by atoms with Gasteiger partial charge in [0.2, 0.25) is 11.8 Å². The first kappa shape index (κ1) is 23.3. The normalized spacial score (nSPS) is 21.5. The van der Waals surface area contributed by atoms with E-state index in [1.165, 1.54) is 18.7 Å². The Morgan fingerprint density at radius 3 is 2.61 bits per heavy atom. The van der Waals surface area contributed by atoms with Crippen molar-refractivity contribution in [3.8, 4) is 0 Å². The van der Waals surface area contributed by atoms with Gasteiger partial charge in [-0.25, -0.2) is 8.98 Å². The minimum absolute atomic E-state index is 0.133. The van der Waals surface area contributed by atoms with E-state index in [0.29, 0.717) is 17.2 Å². The number of nitrogens with zero attached hydrogens (tertiary/aromatic N) is 1. The molecule has 1 aromatic rings. The van der Waals surface area contributed by atoms with E-state index in [-0.39, 0.29) is 24.4 Å². The van der Waals surface area contributed by atoms with Gasteiger partial charge in [0.15, 0.2) is 0 Å². The molecule has 2 aliphatic heterocycles. The summed E-state index contributed by atoms with van der Waals surface area (Å²) < 4.78 is 35.2. The van der Waals surface area contributed by atoms with Crippen molar-refractivity contribution in [3.63, 3.8) is 0 Å². The van der Waals surface area contributed by atoms with Crippen LogP contribution >= 0.6 is 11.8 Å². The molecule has 3 rings (SSSR count). The second kappa shape index (κ2) is 9.39. The summed E-state index contributed by atoms with van der Waals surface area (Å²) >= 11 is 1.23. The molecule has 10 nitrogen and oxygen atoms in total. The Morgan fingerprint density at radius 1 is 1.32 bits per heavy atom. The molecule has 0 spiro atoms. The number of thioether (sulfide) groups is 1. The predicted octanol–water partition coefficient (Wildman–Crippen LogP) is 0.813. The Hall–Kier alpha value is -2.41. The molecule has 1 fully saturated rings. The SMILES string of the molecule is C[C@H](OS(=O)(=O)O)[C@@H]1C(=O)N2C(C(=O)O)=C(SCCNC(=O)Cc3ccccc3)C[C@H]12. The van der Waals surface area contributed by atoms with Crippen LogP contribution in [0, 0.1) is 5.92 Å². The number of aliphatic carboxylic acids is 1. The second-order valence-corrected chi connectivity index (χ2v) is 9.41. The Morgan fingerprint density at radius 2 is 2.00 bits per heavy atom. The zero-order valence-corrected chi connectivity index (χ0v) is 18.2. The molecule has 3 N–H and O–H groups in total. The number of amides is 2. The third-order valence-corrected chi connectivity index (χ3v) is 6.72. The van der Waals surface area contributed by atoms with Gasteiger partial charge < -0.3 is 15.3 Å². The van der Waals surface area contributed by atoms with Crippen LogP contribution in [0.15, 0.2) is 40.9 Å². The van der Waals surface area contributed by atoms with Crippen molar-refractivity contribution in [2.45, 2.75) is 31.9 Å². The lowest BCUT2D eigenvalue weighted by Crippen LogP contribution is -2.62. The maximum absolute atomic E-state index is 12.4. The van der Waals surface area contributed by atoms with Crippen molar-refractivity contribution in [2.24, 2.45) is 5.92 Å². The lowest BCUT2D eigenvalue weighted by atomic mass is 9.83. The minimum Gasteiger partial charge on any atom is -0.477 e. The quantitative estimate of drug-likeness (QED) is 0.256. The van der Waals surface area contributed by atoms with Gasteiger partial charge in [-0.2, -0.15) is 8.42 Å². The Balaban J connectivity index is 1.55. The molecule has 0 radical (unpaired) electrons. The topological polar surface area (TPSA) is 150 Å². The zero-order chi connectivity index (χ0) is 22.8. The third-order valence-electron chi connectivity index (χ3n) is 5.06. The van der Waals surface area contributed by atoms with Gasteiger partial charge in [-0.3, -0.25) is 14.1 Å². The third kappa shape index (κ3) is 5.45. The molecule has 2 heterocycles. The van der Waals surface area contributed by atoms with Crippen LogP contribution < -0.4 is 5.32 Å². The van der Waals surface area contributed by atoms with Crippen LogP contribution in [0.1, 0.15) is 18.9 Å². The lowest BCUT2D eigenvalue weighted by molar-refractivity contribution is -0.160. The van der Waals surface area contributed by atoms with Crippen LogP contribution in [0.25, 0.3) is 0 Å². The largest absolute Gasteiger partial charge is 0.477 e. The summed E-state index contributed by atoms with van der Waals surface area (Å²) in [7, 11) is -4.73. The highest BCUT2D eigenvalue weighted by molar-refractivity contribution is 8.03. The van der Waals surface area contributed by atoms with Crippen LogP contribution in [0.2, 0.25) is 0 Å². The van der Waals surface area contributed by atoms with E-state index in [0.717, 1.165) is 10.5 Å². The summed E-state index contributed by atoms with van der Waals surface area (Å²) in [5, 5.41) is 12.3. The van der Waals surface area contributed by atoms with Crippen molar-refractivity contribution >= 4 is 39.9 Å². The summed E-state index contributed by atoms with van der Waals surface area (Å²) in [5.74, 6) is -2.44. The highest BCUT2D eigenvalue weighted by atomic mass is 32.3. The average Bonchev–Trinajstić information content (AvgIpc) is 2.99. The fourth-order valence-electron chi connectivity index (χ4n) is 3.81. The molecule has 2 amide bonds. The molecular formula is C19H22N2O8S2. The summed E-state index contributed by atoms with van der Waals surface area (Å²) in [6.45, 7) is 1.65. The Kier molecular flexibility index (Phi) is 7.04. The van der Waals surface area contributed by atoms with Crippen molar-refractivity contribution < 1.29 is 36.6 Å². The number of fused-ring (bicyclic) bond motifs is 1. The maximum atomic E-state index is 12.4. The number of carboxylic acid groups (broad SMARTS) is 1. The molecule has 2 aliphatic rings. The molecule has 0 bridgehead atoms. The summed E-state index contributed by atoms with van der Waals surface area (Å²) in [4.78, 5) is 37.7. The number of hydrogen-bond acceptors (Lipinski definition) is 7. The van der Waals surface area contributed by atoms with E-state index in [9.17, 15) is 27.9 Å². The monoisotopic (exact) mass is 470 g/mol. The van der Waals surface area contributed by atoms with E-state index in [1.54, 1.807) is 0 Å². The molecule has 12 heteroatoms. The first-order chi connectivity index (χ1) is 14.6. The van der Waals surface area contributed by atoms with Gasteiger partial charge in [0.25, 0.3) is 0 Å². The van der Waals surface area contributed by atoms with E-state index < -0.39 is 40.3 Å². The second-order valence-electron chi connectivity index (χ2n) is 7.17. The molecule has 0 aliphatic carbocycles. The molecule has 168 valence electrons. The molecular weight excluding hydrogens is 448 g/mol. The smallest absolute Gasteiger partial charge is 0.397 e. The van der Waals surface area contributed by atoms with E-state index >= 15 is 0 Å².